The van der Waals surface area contributed by atoms with Gasteiger partial charge >= 0.3 is 0 Å². The van der Waals surface area contributed by atoms with Gasteiger partial charge in [0.1, 0.15) is 0 Å². The molecule has 9 atom stereocenters. The van der Waals surface area contributed by atoms with Crippen LogP contribution < -0.4 is 0 Å². The van der Waals surface area contributed by atoms with Gasteiger partial charge in [0, 0.05) is 6.61 Å². The smallest absolute Gasteiger partial charge is 0.191 e. The molecule has 0 aliphatic heterocycles. The van der Waals surface area contributed by atoms with Crippen LogP contribution in [0.15, 0.2) is 11.6 Å². The van der Waals surface area contributed by atoms with Crippen molar-refractivity contribution in [2.45, 2.75) is 143 Å². The largest absolute Gasteiger partial charge is 0.417 e. The van der Waals surface area contributed by atoms with E-state index < -0.39 is 8.32 Å². The monoisotopic (exact) mass is 516 g/mol. The van der Waals surface area contributed by atoms with Gasteiger partial charge in [0.05, 0.1) is 6.10 Å². The average molecular weight is 517 g/mol. The van der Waals surface area contributed by atoms with Crippen molar-refractivity contribution in [3.63, 3.8) is 0 Å². The Morgan fingerprint density at radius 2 is 1.81 bits per heavy atom. The highest BCUT2D eigenvalue weighted by atomic mass is 28.4. The van der Waals surface area contributed by atoms with Gasteiger partial charge in [-0.15, -0.1) is 0 Å². The van der Waals surface area contributed by atoms with Gasteiger partial charge in [-0.3, -0.25) is 0 Å². The van der Waals surface area contributed by atoms with Crippen molar-refractivity contribution in [1.29, 1.82) is 0 Å². The number of aliphatic hydroxyl groups excluding tert-OH is 1. The lowest BCUT2D eigenvalue weighted by Gasteiger charge is -2.58. The van der Waals surface area contributed by atoms with Crippen LogP contribution >= 0.6 is 0 Å². The summed E-state index contributed by atoms with van der Waals surface area (Å²) in [6.45, 7) is 22.7. The molecule has 36 heavy (non-hydrogen) atoms. The number of hydrogen-bond acceptors (Lipinski definition) is 2. The standard InChI is InChI=1S/C33H60O2Si/c1-23(22-35-36(8,9)31(3,4)5)13-12-14-24(2)30-29(34)21-28-26-17-16-25-15-10-11-19-32(25,6)27(26)18-20-33(28,30)7/h16,23-24,26-30,34H,10-15,17-22H2,1-9H3/t23?,24-,26-,27+,28+,29+,30+,32+,33+/m1/s1. The van der Waals surface area contributed by atoms with Crippen molar-refractivity contribution in [3.8, 4) is 0 Å². The Kier molecular flexibility index (Phi) is 8.38. The van der Waals surface area contributed by atoms with E-state index in [1.165, 1.54) is 64.2 Å². The first-order valence-corrected chi connectivity index (χ1v) is 18.6. The lowest BCUT2D eigenvalue weighted by Crippen LogP contribution is -2.50. The van der Waals surface area contributed by atoms with Crippen molar-refractivity contribution in [2.24, 2.45) is 46.3 Å². The molecule has 208 valence electrons. The number of fused-ring (bicyclic) bond motifs is 5. The topological polar surface area (TPSA) is 29.5 Å². The lowest BCUT2D eigenvalue weighted by molar-refractivity contribution is -0.0559. The molecule has 0 heterocycles. The number of aliphatic hydroxyl groups is 1. The Bertz CT molecular complexity index is 796. The third-order valence-electron chi connectivity index (χ3n) is 12.6. The molecule has 1 unspecified atom stereocenters. The number of rotatable bonds is 8. The maximum Gasteiger partial charge on any atom is 0.191 e. The van der Waals surface area contributed by atoms with Crippen molar-refractivity contribution >= 4 is 8.32 Å². The summed E-state index contributed by atoms with van der Waals surface area (Å²) < 4.78 is 6.51. The minimum absolute atomic E-state index is 0.0994. The predicted molar refractivity (Wildman–Crippen MR) is 157 cm³/mol. The van der Waals surface area contributed by atoms with Gasteiger partial charge in [0.25, 0.3) is 0 Å². The van der Waals surface area contributed by atoms with Crippen LogP contribution in [0.5, 0.6) is 0 Å². The first-order chi connectivity index (χ1) is 16.7. The third kappa shape index (κ3) is 5.20. The Labute approximate surface area is 225 Å². The molecule has 4 aliphatic rings. The Hall–Kier alpha value is -0.123. The van der Waals surface area contributed by atoms with Crippen molar-refractivity contribution in [2.75, 3.05) is 6.61 Å². The van der Waals surface area contributed by atoms with E-state index in [9.17, 15) is 5.11 Å². The van der Waals surface area contributed by atoms with Crippen molar-refractivity contribution in [3.05, 3.63) is 11.6 Å². The average Bonchev–Trinajstić information content (AvgIpc) is 3.06. The molecule has 0 saturated heterocycles. The van der Waals surface area contributed by atoms with Gasteiger partial charge in [-0.2, -0.15) is 0 Å². The Morgan fingerprint density at radius 3 is 2.50 bits per heavy atom. The molecule has 4 rings (SSSR count). The third-order valence-corrected chi connectivity index (χ3v) is 17.1. The lowest BCUT2D eigenvalue weighted by atomic mass is 9.47. The highest BCUT2D eigenvalue weighted by Gasteiger charge is 2.61. The SMILES string of the molecule is CC(CCC[C@@H](C)[C@H]1[C@@H](O)C[C@H]2[C@@H]3CC=C4CCCC[C@]4(C)[C@H]3CC[C@]12C)CO[Si](C)(C)C(C)(C)C. The number of hydrogen-bond donors (Lipinski definition) is 1. The summed E-state index contributed by atoms with van der Waals surface area (Å²) in [5, 5.41) is 11.8. The molecule has 0 bridgehead atoms. The molecule has 0 aromatic carbocycles. The van der Waals surface area contributed by atoms with Gasteiger partial charge in [-0.1, -0.05) is 79.4 Å². The van der Waals surface area contributed by atoms with Gasteiger partial charge in [-0.25, -0.2) is 0 Å². The maximum absolute atomic E-state index is 11.5. The fourth-order valence-electron chi connectivity index (χ4n) is 9.40. The molecule has 0 amide bonds. The molecule has 0 spiro atoms. The van der Waals surface area contributed by atoms with Crippen LogP contribution in [0.2, 0.25) is 18.1 Å². The van der Waals surface area contributed by atoms with Gasteiger partial charge in [0.2, 0.25) is 0 Å². The van der Waals surface area contributed by atoms with E-state index in [0.29, 0.717) is 34.5 Å². The summed E-state index contributed by atoms with van der Waals surface area (Å²) >= 11 is 0. The molecule has 0 radical (unpaired) electrons. The zero-order valence-electron chi connectivity index (χ0n) is 25.5. The second-order valence-corrected chi connectivity index (χ2v) is 20.7. The van der Waals surface area contributed by atoms with E-state index in [-0.39, 0.29) is 11.1 Å². The highest BCUT2D eigenvalue weighted by Crippen LogP contribution is 2.67. The van der Waals surface area contributed by atoms with E-state index in [4.69, 9.17) is 4.43 Å². The van der Waals surface area contributed by atoms with Crippen molar-refractivity contribution < 1.29 is 9.53 Å². The molecule has 1 N–H and O–H groups in total. The van der Waals surface area contributed by atoms with Gasteiger partial charge < -0.3 is 9.53 Å². The summed E-state index contributed by atoms with van der Waals surface area (Å²) in [5.41, 5.74) is 2.58. The zero-order chi connectivity index (χ0) is 26.5. The van der Waals surface area contributed by atoms with Crippen LogP contribution in [0.3, 0.4) is 0 Å². The van der Waals surface area contributed by atoms with E-state index in [1.807, 2.05) is 0 Å². The molecule has 0 aromatic heterocycles. The summed E-state index contributed by atoms with van der Waals surface area (Å²) in [6, 6.07) is 0. The molecular weight excluding hydrogens is 456 g/mol. The van der Waals surface area contributed by atoms with Crippen molar-refractivity contribution in [1.82, 2.24) is 0 Å². The number of allylic oxidation sites excluding steroid dienone is 2. The van der Waals surface area contributed by atoms with Crippen LogP contribution in [0, 0.1) is 46.3 Å². The first-order valence-electron chi connectivity index (χ1n) is 15.7. The maximum atomic E-state index is 11.5. The minimum Gasteiger partial charge on any atom is -0.417 e. The molecule has 0 aromatic rings. The fourth-order valence-corrected chi connectivity index (χ4v) is 10.5. The zero-order valence-corrected chi connectivity index (χ0v) is 26.5. The molecule has 2 nitrogen and oxygen atoms in total. The van der Waals surface area contributed by atoms with Crippen LogP contribution in [-0.4, -0.2) is 26.1 Å². The summed E-state index contributed by atoms with van der Waals surface area (Å²) in [5.74, 6) is 4.09. The summed E-state index contributed by atoms with van der Waals surface area (Å²) in [6.07, 6.45) is 17.0. The normalized spacial score (nSPS) is 40.6. The van der Waals surface area contributed by atoms with Crippen LogP contribution in [0.4, 0.5) is 0 Å². The van der Waals surface area contributed by atoms with E-state index in [1.54, 1.807) is 5.57 Å². The van der Waals surface area contributed by atoms with E-state index >= 15 is 0 Å². The van der Waals surface area contributed by atoms with Crippen LogP contribution in [-0.2, 0) is 4.43 Å². The predicted octanol–water partition coefficient (Wildman–Crippen LogP) is 9.39. The van der Waals surface area contributed by atoms with Gasteiger partial charge in [0.15, 0.2) is 8.32 Å². The molecule has 3 fully saturated rings. The fraction of sp³-hybridized carbons (Fsp3) is 0.939. The van der Waals surface area contributed by atoms with Gasteiger partial charge in [-0.05, 0) is 116 Å². The second kappa shape index (κ2) is 10.5. The van der Waals surface area contributed by atoms with Crippen LogP contribution in [0.25, 0.3) is 0 Å². The van der Waals surface area contributed by atoms with E-state index in [0.717, 1.165) is 24.9 Å². The van der Waals surface area contributed by atoms with Crippen LogP contribution in [0.1, 0.15) is 119 Å². The summed E-state index contributed by atoms with van der Waals surface area (Å²) in [7, 11) is -1.66. The molecule has 3 saturated carbocycles. The Balaban J connectivity index is 1.34. The minimum atomic E-state index is -1.66. The Morgan fingerprint density at radius 1 is 1.08 bits per heavy atom. The molecule has 4 aliphatic carbocycles. The first kappa shape index (κ1) is 28.9. The quantitative estimate of drug-likeness (QED) is 0.257. The summed E-state index contributed by atoms with van der Waals surface area (Å²) in [4.78, 5) is 0. The molecular formula is C33H60O2Si. The highest BCUT2D eigenvalue weighted by molar-refractivity contribution is 6.74. The van der Waals surface area contributed by atoms with E-state index in [2.05, 4.69) is 67.6 Å². The second-order valence-electron chi connectivity index (χ2n) is 15.9. The molecule has 3 heteroatoms.